The van der Waals surface area contributed by atoms with Gasteiger partial charge < -0.3 is 4.90 Å². The fourth-order valence-corrected chi connectivity index (χ4v) is 3.40. The maximum absolute atomic E-state index is 13.0. The molecule has 1 atom stereocenters. The quantitative estimate of drug-likeness (QED) is 0.415. The minimum Gasteiger partial charge on any atom is -0.338 e. The molecule has 1 aliphatic heterocycles. The highest BCUT2D eigenvalue weighted by atomic mass is 16.6. The van der Waals surface area contributed by atoms with Crippen molar-refractivity contribution in [2.45, 2.75) is 52.1 Å². The molecule has 27 heavy (non-hydrogen) atoms. The van der Waals surface area contributed by atoms with E-state index in [0.717, 1.165) is 24.2 Å². The van der Waals surface area contributed by atoms with Crippen LogP contribution in [0.25, 0.3) is 0 Å². The van der Waals surface area contributed by atoms with Crippen LogP contribution in [-0.2, 0) is 4.79 Å². The molecule has 1 aliphatic carbocycles. The molecule has 8 heteroatoms. The summed E-state index contributed by atoms with van der Waals surface area (Å²) in [6.07, 6.45) is 2.68. The summed E-state index contributed by atoms with van der Waals surface area (Å²) in [6.45, 7) is 6.24. The monoisotopic (exact) mass is 373 g/mol. The molecule has 0 bridgehead atoms. The van der Waals surface area contributed by atoms with E-state index in [4.69, 9.17) is 0 Å². The van der Waals surface area contributed by atoms with Crippen molar-refractivity contribution in [3.8, 4) is 0 Å². The maximum atomic E-state index is 13.0. The lowest BCUT2D eigenvalue weighted by Gasteiger charge is -2.30. The third kappa shape index (κ3) is 3.43. The van der Waals surface area contributed by atoms with Crippen LogP contribution in [0.5, 0.6) is 0 Å². The van der Waals surface area contributed by atoms with Gasteiger partial charge in [0.15, 0.2) is 0 Å². The number of amides is 3. The van der Waals surface area contributed by atoms with E-state index < -0.39 is 28.5 Å². The molecule has 1 aromatic rings. The van der Waals surface area contributed by atoms with E-state index in [9.17, 15) is 24.5 Å². The molecular weight excluding hydrogens is 350 g/mol. The molecule has 0 radical (unpaired) electrons. The molecule has 2 aliphatic rings. The van der Waals surface area contributed by atoms with E-state index >= 15 is 0 Å². The Morgan fingerprint density at radius 2 is 1.93 bits per heavy atom. The van der Waals surface area contributed by atoms with Crippen LogP contribution in [0.4, 0.5) is 5.69 Å². The molecule has 0 spiro atoms. The van der Waals surface area contributed by atoms with Gasteiger partial charge in [-0.15, -0.1) is 0 Å². The summed E-state index contributed by atoms with van der Waals surface area (Å²) >= 11 is 0. The summed E-state index contributed by atoms with van der Waals surface area (Å²) in [5.41, 5.74) is -0.659. The van der Waals surface area contributed by atoms with Crippen LogP contribution in [0.1, 0.15) is 60.7 Å². The summed E-state index contributed by atoms with van der Waals surface area (Å²) in [5.74, 6) is -1.28. The number of imide groups is 1. The van der Waals surface area contributed by atoms with Crippen LogP contribution < -0.4 is 0 Å². The highest BCUT2D eigenvalue weighted by Gasteiger charge is 2.46. The van der Waals surface area contributed by atoms with E-state index in [1.165, 1.54) is 25.1 Å². The van der Waals surface area contributed by atoms with E-state index in [0.29, 0.717) is 12.5 Å². The highest BCUT2D eigenvalue weighted by molar-refractivity contribution is 6.24. The third-order valence-corrected chi connectivity index (χ3v) is 5.08. The van der Waals surface area contributed by atoms with Gasteiger partial charge in [0.2, 0.25) is 5.91 Å². The Morgan fingerprint density at radius 1 is 1.26 bits per heavy atom. The number of nitro groups is 1. The average Bonchev–Trinajstić information content (AvgIpc) is 3.41. The van der Waals surface area contributed by atoms with Gasteiger partial charge in [0.25, 0.3) is 17.5 Å². The number of nitrogens with zero attached hydrogens (tertiary/aromatic N) is 3. The second kappa shape index (κ2) is 7.09. The predicted molar refractivity (Wildman–Crippen MR) is 97.2 cm³/mol. The van der Waals surface area contributed by atoms with Gasteiger partial charge in [-0.25, -0.2) is 0 Å². The van der Waals surface area contributed by atoms with Crippen molar-refractivity contribution < 1.29 is 19.3 Å². The van der Waals surface area contributed by atoms with Gasteiger partial charge >= 0.3 is 0 Å². The molecule has 3 rings (SSSR count). The van der Waals surface area contributed by atoms with Gasteiger partial charge in [0, 0.05) is 18.7 Å². The first-order chi connectivity index (χ1) is 12.7. The fourth-order valence-electron chi connectivity index (χ4n) is 3.40. The Hall–Kier alpha value is -2.77. The molecule has 1 heterocycles. The highest BCUT2D eigenvalue weighted by Crippen LogP contribution is 2.33. The first-order valence-corrected chi connectivity index (χ1v) is 9.19. The topological polar surface area (TPSA) is 101 Å². The SMILES string of the molecule is CC(C)CCN(C(=O)C(C)N1C(=O)c2cccc([N+](=O)[O-])c2C1=O)C1CC1. The van der Waals surface area contributed by atoms with E-state index in [1.807, 2.05) is 0 Å². The molecule has 0 N–H and O–H groups in total. The number of carbonyl (C=O) groups excluding carboxylic acids is 3. The molecule has 3 amide bonds. The second-order valence-corrected chi connectivity index (χ2v) is 7.56. The second-order valence-electron chi connectivity index (χ2n) is 7.56. The van der Waals surface area contributed by atoms with Crippen molar-refractivity contribution in [1.82, 2.24) is 9.80 Å². The summed E-state index contributed by atoms with van der Waals surface area (Å²) in [5, 5.41) is 11.2. The van der Waals surface area contributed by atoms with Gasteiger partial charge in [0.1, 0.15) is 11.6 Å². The summed E-state index contributed by atoms with van der Waals surface area (Å²) in [7, 11) is 0. The number of carbonyl (C=O) groups is 3. The normalized spacial score (nSPS) is 17.3. The number of rotatable bonds is 7. The van der Waals surface area contributed by atoms with Gasteiger partial charge in [-0.3, -0.25) is 29.4 Å². The first kappa shape index (κ1) is 19.0. The lowest BCUT2D eigenvalue weighted by molar-refractivity contribution is -0.385. The Morgan fingerprint density at radius 3 is 2.48 bits per heavy atom. The van der Waals surface area contributed by atoms with E-state index in [-0.39, 0.29) is 23.1 Å². The largest absolute Gasteiger partial charge is 0.338 e. The molecule has 0 aromatic heterocycles. The van der Waals surface area contributed by atoms with E-state index in [2.05, 4.69) is 13.8 Å². The number of benzene rings is 1. The molecule has 144 valence electrons. The molecule has 1 aromatic carbocycles. The lowest BCUT2D eigenvalue weighted by Crippen LogP contribution is -2.50. The smallest absolute Gasteiger partial charge is 0.282 e. The molecule has 1 fully saturated rings. The van der Waals surface area contributed by atoms with Gasteiger partial charge in [0.05, 0.1) is 10.5 Å². The molecule has 1 saturated carbocycles. The molecule has 0 saturated heterocycles. The third-order valence-electron chi connectivity index (χ3n) is 5.08. The molecule has 8 nitrogen and oxygen atoms in total. The van der Waals surface area contributed by atoms with Crippen LogP contribution in [0.3, 0.4) is 0 Å². The van der Waals surface area contributed by atoms with Gasteiger partial charge in [-0.1, -0.05) is 19.9 Å². The van der Waals surface area contributed by atoms with Crippen molar-refractivity contribution >= 4 is 23.4 Å². The maximum Gasteiger partial charge on any atom is 0.282 e. The van der Waals surface area contributed by atoms with Crippen molar-refractivity contribution in [3.05, 3.63) is 39.4 Å². The molecule has 1 unspecified atom stereocenters. The Kier molecular flexibility index (Phi) is 4.99. The van der Waals surface area contributed by atoms with Crippen LogP contribution in [0.15, 0.2) is 18.2 Å². The zero-order chi connectivity index (χ0) is 19.9. The zero-order valence-electron chi connectivity index (χ0n) is 15.7. The van der Waals surface area contributed by atoms with E-state index in [1.54, 1.807) is 4.90 Å². The van der Waals surface area contributed by atoms with Crippen LogP contribution in [0.2, 0.25) is 0 Å². The van der Waals surface area contributed by atoms with Crippen molar-refractivity contribution in [1.29, 1.82) is 0 Å². The Bertz CT molecular complexity index is 816. The zero-order valence-corrected chi connectivity index (χ0v) is 15.7. The van der Waals surface area contributed by atoms with Gasteiger partial charge in [-0.2, -0.15) is 0 Å². The minimum atomic E-state index is -0.996. The van der Waals surface area contributed by atoms with Crippen molar-refractivity contribution in [2.24, 2.45) is 5.92 Å². The predicted octanol–water partition coefficient (Wildman–Crippen LogP) is 2.62. The number of hydrogen-bond acceptors (Lipinski definition) is 5. The minimum absolute atomic E-state index is 0.0194. The first-order valence-electron chi connectivity index (χ1n) is 9.19. The number of nitro benzene ring substituents is 1. The summed E-state index contributed by atoms with van der Waals surface area (Å²) < 4.78 is 0. The number of fused-ring (bicyclic) bond motifs is 1. The standard InChI is InChI=1S/C19H23N3O5/c1-11(2)9-10-20(13-7-8-13)17(23)12(3)21-18(24)14-5-4-6-15(22(26)27)16(14)19(21)25/h4-6,11-13H,7-10H2,1-3H3. The van der Waals surface area contributed by atoms with Crippen LogP contribution in [0, 0.1) is 16.0 Å². The fraction of sp³-hybridized carbons (Fsp3) is 0.526. The Labute approximate surface area is 157 Å². The summed E-state index contributed by atoms with van der Waals surface area (Å²) in [6, 6.07) is 3.11. The van der Waals surface area contributed by atoms with Crippen molar-refractivity contribution in [2.75, 3.05) is 6.54 Å². The summed E-state index contributed by atoms with van der Waals surface area (Å²) in [4.78, 5) is 51.7. The van der Waals surface area contributed by atoms with Crippen molar-refractivity contribution in [3.63, 3.8) is 0 Å². The lowest BCUT2D eigenvalue weighted by atomic mass is 10.1. The molecular formula is C19H23N3O5. The Balaban J connectivity index is 1.86. The van der Waals surface area contributed by atoms with Crippen LogP contribution >= 0.6 is 0 Å². The van der Waals surface area contributed by atoms with Gasteiger partial charge in [-0.05, 0) is 38.2 Å². The van der Waals surface area contributed by atoms with Crippen LogP contribution in [-0.4, -0.2) is 51.1 Å². The average molecular weight is 373 g/mol. The number of hydrogen-bond donors (Lipinski definition) is 0.